The Bertz CT molecular complexity index is 3460. The van der Waals surface area contributed by atoms with E-state index < -0.39 is 0 Å². The van der Waals surface area contributed by atoms with E-state index in [1.165, 1.54) is 271 Å². The number of rotatable bonds is 27. The highest BCUT2D eigenvalue weighted by Crippen LogP contribution is 2.47. The first-order valence-electron chi connectivity index (χ1n) is 45.0. The largest absolute Gasteiger partial charge is 0.426 e. The van der Waals surface area contributed by atoms with Gasteiger partial charge in [-0.25, -0.2) is 14.8 Å². The fraction of sp³-hybridized carbons (Fsp3) is 0.641. The summed E-state index contributed by atoms with van der Waals surface area (Å²) in [6.07, 6.45) is 59.4. The van der Waals surface area contributed by atoms with Crippen LogP contribution in [0.25, 0.3) is 11.4 Å². The Balaban J connectivity index is 0.000000191. The molecule has 1 aromatic heterocycles. The summed E-state index contributed by atoms with van der Waals surface area (Å²) in [6.45, 7) is 24.3. The fourth-order valence-corrected chi connectivity index (χ4v) is 19.1. The van der Waals surface area contributed by atoms with Crippen molar-refractivity contribution in [3.05, 3.63) is 178 Å². The second kappa shape index (κ2) is 50.0. The molecule has 0 bridgehead atoms. The number of nitriles is 1. The molecule has 0 N–H and O–H groups in total. The van der Waals surface area contributed by atoms with Crippen molar-refractivity contribution in [2.24, 2.45) is 64.6 Å². The Morgan fingerprint density at radius 2 is 0.855 bits per heavy atom. The van der Waals surface area contributed by atoms with Crippen molar-refractivity contribution in [2.45, 2.75) is 359 Å². The van der Waals surface area contributed by atoms with Gasteiger partial charge in [0.05, 0.1) is 23.0 Å². The maximum atomic E-state index is 12.3. The van der Waals surface area contributed by atoms with E-state index in [0.717, 1.165) is 95.9 Å². The number of esters is 2. The Morgan fingerprint density at radius 1 is 0.436 bits per heavy atom. The zero-order chi connectivity index (χ0) is 77.6. The molecular weight excluding hydrogens is 1340 g/mol. The molecule has 6 aromatic rings. The third-order valence-corrected chi connectivity index (χ3v) is 26.8. The molecule has 6 fully saturated rings. The fourth-order valence-electron chi connectivity index (χ4n) is 19.1. The normalized spacial score (nSPS) is 25.1. The van der Waals surface area contributed by atoms with Crippen LogP contribution in [0.3, 0.4) is 0 Å². The van der Waals surface area contributed by atoms with Gasteiger partial charge in [-0.05, 0) is 275 Å². The summed E-state index contributed by atoms with van der Waals surface area (Å²) in [5.74, 6) is 11.6. The summed E-state index contributed by atoms with van der Waals surface area (Å²) in [5, 5.41) is 9.23. The molecular formula is C103H153N3O4. The van der Waals surface area contributed by atoms with Crippen molar-refractivity contribution in [3.8, 4) is 29.0 Å². The quantitative estimate of drug-likeness (QED) is 0.0288. The Labute approximate surface area is 672 Å². The molecule has 6 aliphatic rings. The van der Waals surface area contributed by atoms with Gasteiger partial charge in [0.1, 0.15) is 11.5 Å². The van der Waals surface area contributed by atoms with Gasteiger partial charge in [-0.15, -0.1) is 0 Å². The maximum absolute atomic E-state index is 12.3. The number of aromatic nitrogens is 2. The van der Waals surface area contributed by atoms with Crippen LogP contribution < -0.4 is 9.47 Å². The van der Waals surface area contributed by atoms with Crippen molar-refractivity contribution < 1.29 is 19.1 Å². The molecule has 110 heavy (non-hydrogen) atoms. The summed E-state index contributed by atoms with van der Waals surface area (Å²) in [7, 11) is 0. The van der Waals surface area contributed by atoms with E-state index in [2.05, 4.69) is 139 Å². The number of hydrogen-bond donors (Lipinski definition) is 0. The molecule has 6 saturated carbocycles. The maximum Gasteiger partial charge on any atom is 0.343 e. The minimum Gasteiger partial charge on any atom is -0.426 e. The van der Waals surface area contributed by atoms with Gasteiger partial charge in [0.15, 0.2) is 5.82 Å². The number of carbonyl (C=O) groups excluding carboxylic acids is 2. The second-order valence-electron chi connectivity index (χ2n) is 35.7. The van der Waals surface area contributed by atoms with Crippen LogP contribution in [0.5, 0.6) is 11.5 Å². The van der Waals surface area contributed by atoms with Crippen LogP contribution in [0.2, 0.25) is 0 Å². The molecule has 12 rings (SSSR count). The highest BCUT2D eigenvalue weighted by Gasteiger charge is 2.36. The molecule has 3 atom stereocenters. The van der Waals surface area contributed by atoms with Crippen LogP contribution in [-0.4, -0.2) is 21.9 Å². The van der Waals surface area contributed by atoms with Crippen molar-refractivity contribution in [1.29, 1.82) is 5.26 Å². The molecule has 6 aliphatic carbocycles. The van der Waals surface area contributed by atoms with E-state index in [0.29, 0.717) is 28.9 Å². The molecule has 3 unspecified atom stereocenters. The number of hydrogen-bond acceptors (Lipinski definition) is 7. The predicted octanol–water partition coefficient (Wildman–Crippen LogP) is 30.4. The minimum atomic E-state index is -0.291. The van der Waals surface area contributed by atoms with Crippen LogP contribution in [0.15, 0.2) is 134 Å². The molecule has 5 aromatic carbocycles. The first kappa shape index (κ1) is 90.8. The molecule has 0 aliphatic heterocycles. The smallest absolute Gasteiger partial charge is 0.343 e. The van der Waals surface area contributed by atoms with Gasteiger partial charge in [0, 0.05) is 18.0 Å². The van der Waals surface area contributed by atoms with Gasteiger partial charge in [-0.2, -0.15) is 5.26 Å². The number of unbranched alkanes of at least 4 members (excludes halogenated alkanes) is 6. The Kier molecular flexibility index (Phi) is 41.2. The monoisotopic (exact) mass is 1500 g/mol. The molecule has 1 heterocycles. The van der Waals surface area contributed by atoms with Crippen LogP contribution in [0.1, 0.15) is 374 Å². The number of aryl methyl sites for hydroxylation is 5. The van der Waals surface area contributed by atoms with E-state index in [1.54, 1.807) is 0 Å². The Morgan fingerprint density at radius 3 is 1.33 bits per heavy atom. The number of nitrogens with zero attached hydrogens (tertiary/aromatic N) is 3. The van der Waals surface area contributed by atoms with E-state index in [1.807, 2.05) is 86.9 Å². The average molecular weight is 1500 g/mol. The summed E-state index contributed by atoms with van der Waals surface area (Å²) in [4.78, 5) is 33.7. The van der Waals surface area contributed by atoms with Crippen LogP contribution in [-0.2, 0) is 11.2 Å². The second-order valence-corrected chi connectivity index (χ2v) is 35.7. The van der Waals surface area contributed by atoms with E-state index in [-0.39, 0.29) is 30.7 Å². The van der Waals surface area contributed by atoms with E-state index in [4.69, 9.17) is 9.47 Å². The van der Waals surface area contributed by atoms with Gasteiger partial charge in [-0.3, -0.25) is 4.79 Å². The predicted molar refractivity (Wildman–Crippen MR) is 466 cm³/mol. The number of ether oxygens (including phenoxy) is 2. The molecule has 0 spiro atoms. The van der Waals surface area contributed by atoms with E-state index in [9.17, 15) is 14.9 Å². The summed E-state index contributed by atoms with van der Waals surface area (Å²) in [5.41, 5.74) is 10.9. The van der Waals surface area contributed by atoms with Crippen molar-refractivity contribution in [2.75, 3.05) is 0 Å². The van der Waals surface area contributed by atoms with Crippen LogP contribution in [0.4, 0.5) is 0 Å². The molecule has 7 nitrogen and oxygen atoms in total. The zero-order valence-electron chi connectivity index (χ0n) is 70.6. The van der Waals surface area contributed by atoms with Gasteiger partial charge in [0.2, 0.25) is 0 Å². The lowest BCUT2D eigenvalue weighted by Crippen LogP contribution is -2.29. The van der Waals surface area contributed by atoms with Gasteiger partial charge >= 0.3 is 11.9 Å². The average Bonchev–Trinajstić information content (AvgIpc) is 0.825. The SMILES string of the molecule is C.CCCC1CCC(c2ccc(C(=O)Oc3ccc(C)cc3)cc2)CC1C.CCCC1CCC(c2cnc(-c3ccc(C)cc3)nc2)CC1.CCCCCC1CCC(C(=O)Oc2ccc(C)cc2)CC1.CCCCCC1CCC(C2CCC(C)(C#N)CC2)CC1.CCCCCC1CCC(CCc2ccc(C)cc2)CC1. The van der Waals surface area contributed by atoms with Crippen molar-refractivity contribution in [3.63, 3.8) is 0 Å². The van der Waals surface area contributed by atoms with Crippen LogP contribution >= 0.6 is 0 Å². The molecule has 7 heteroatoms. The highest BCUT2D eigenvalue weighted by atomic mass is 16.5. The lowest BCUT2D eigenvalue weighted by atomic mass is 9.65. The highest BCUT2D eigenvalue weighted by molar-refractivity contribution is 5.91. The lowest BCUT2D eigenvalue weighted by molar-refractivity contribution is -0.140. The standard InChI is InChI=1S/C24H30O2.C20H26N2.C20H32.C19H33N.C19H28O2.CH4/c1-4-5-19-8-13-22(16-18(19)3)20-9-11-21(12-10-20)24(25)26-23-14-6-17(2)7-15-23;1-3-4-16-7-11-17(12-8-16)19-13-21-20(22-14-19)18-9-5-15(2)6-10-18;1-3-4-5-6-18-11-13-20(14-12-18)16-15-19-9-7-17(2)8-10-19;1-3-4-5-6-16-7-9-17(10-8-16)18-11-13-19(2,15-20)14-12-18;1-3-4-5-6-16-9-11-17(12-10-16)19(20)21-18-13-7-15(2)8-14-18;/h6-7,9-12,14-15,18-19,22H,4-5,8,13,16H2,1-3H3;5-6,9-10,13-14,16-17H,3-4,7-8,11-12H2,1-2H3;7-10,18,20H,3-6,11-16H2,1-2H3;16-18H,3-14H2,1-2H3;7-8,13-14,16-17H,3-6,9-12H2,1-2H3;1H4. The summed E-state index contributed by atoms with van der Waals surface area (Å²) >= 11 is 0. The van der Waals surface area contributed by atoms with Gasteiger partial charge < -0.3 is 9.47 Å². The first-order chi connectivity index (χ1) is 52.9. The van der Waals surface area contributed by atoms with Gasteiger partial charge in [-0.1, -0.05) is 297 Å². The zero-order valence-corrected chi connectivity index (χ0v) is 70.6. The summed E-state index contributed by atoms with van der Waals surface area (Å²) in [6, 6.07) is 43.4. The number of benzene rings is 5. The lowest BCUT2D eigenvalue weighted by Gasteiger charge is -2.39. The van der Waals surface area contributed by atoms with Crippen molar-refractivity contribution >= 4 is 11.9 Å². The van der Waals surface area contributed by atoms with Crippen LogP contribution in [0, 0.1) is 104 Å². The Hall–Kier alpha value is -6.39. The van der Waals surface area contributed by atoms with E-state index >= 15 is 0 Å². The summed E-state index contributed by atoms with van der Waals surface area (Å²) < 4.78 is 11.0. The first-order valence-corrected chi connectivity index (χ1v) is 45.0. The topological polar surface area (TPSA) is 102 Å². The van der Waals surface area contributed by atoms with Crippen molar-refractivity contribution in [1.82, 2.24) is 9.97 Å². The molecule has 0 amide bonds. The molecule has 0 saturated heterocycles. The third-order valence-electron chi connectivity index (χ3n) is 26.8. The third kappa shape index (κ3) is 31.9. The number of carbonyl (C=O) groups is 2. The van der Waals surface area contributed by atoms with Gasteiger partial charge in [0.25, 0.3) is 0 Å². The minimum absolute atomic E-state index is 0. The molecule has 0 radical (unpaired) electrons. The molecule has 604 valence electrons.